The number of nitrogens with zero attached hydrogens (tertiary/aromatic N) is 1. The van der Waals surface area contributed by atoms with Crippen molar-refractivity contribution in [3.63, 3.8) is 0 Å². The van der Waals surface area contributed by atoms with Crippen molar-refractivity contribution < 1.29 is 4.79 Å². The van der Waals surface area contributed by atoms with Crippen LogP contribution < -0.4 is 10.2 Å². The molecule has 1 N–H and O–H groups in total. The lowest BCUT2D eigenvalue weighted by molar-refractivity contribution is -0.117. The summed E-state index contributed by atoms with van der Waals surface area (Å²) in [6, 6.07) is 8.91. The summed E-state index contributed by atoms with van der Waals surface area (Å²) < 4.78 is 0. The third-order valence-corrected chi connectivity index (χ3v) is 4.10. The number of nitrogens with one attached hydrogen (secondary N) is 1. The summed E-state index contributed by atoms with van der Waals surface area (Å²) in [5, 5.41) is 3.66. The normalized spacial score (nSPS) is 21.6. The fraction of sp³-hybridized carbons (Fsp3) is 0.588. The number of carbonyl (C=O) groups is 1. The molecule has 0 spiro atoms. The molecular weight excluding hydrogens is 248 g/mol. The van der Waals surface area contributed by atoms with Gasteiger partial charge >= 0.3 is 0 Å². The van der Waals surface area contributed by atoms with Crippen molar-refractivity contribution in [3.8, 4) is 0 Å². The zero-order valence-corrected chi connectivity index (χ0v) is 12.9. The molecule has 0 bridgehead atoms. The van der Waals surface area contributed by atoms with E-state index in [0.29, 0.717) is 6.04 Å². The number of anilines is 1. The summed E-state index contributed by atoms with van der Waals surface area (Å²) >= 11 is 0. The van der Waals surface area contributed by atoms with Crippen molar-refractivity contribution in [2.45, 2.75) is 58.5 Å². The maximum Gasteiger partial charge on any atom is 0.224 e. The molecule has 1 heterocycles. The van der Waals surface area contributed by atoms with Crippen LogP contribution in [-0.4, -0.2) is 18.5 Å². The maximum absolute atomic E-state index is 11.9. The van der Waals surface area contributed by atoms with E-state index < -0.39 is 0 Å². The van der Waals surface area contributed by atoms with Gasteiger partial charge in [0.25, 0.3) is 0 Å². The number of fused-ring (bicyclic) bond motifs is 1. The molecule has 0 saturated heterocycles. The molecule has 3 heteroatoms. The fourth-order valence-electron chi connectivity index (χ4n) is 3.14. The molecule has 0 radical (unpaired) electrons. The van der Waals surface area contributed by atoms with E-state index in [1.807, 2.05) is 11.0 Å². The first-order valence-electron chi connectivity index (χ1n) is 7.77. The number of hydrogen-bond acceptors (Lipinski definition) is 2. The minimum Gasteiger partial charge on any atom is -0.310 e. The molecule has 0 aromatic heterocycles. The van der Waals surface area contributed by atoms with Crippen molar-refractivity contribution in [2.24, 2.45) is 0 Å². The van der Waals surface area contributed by atoms with Crippen molar-refractivity contribution in [1.29, 1.82) is 0 Å². The van der Waals surface area contributed by atoms with Crippen LogP contribution in [0.15, 0.2) is 24.3 Å². The first-order valence-corrected chi connectivity index (χ1v) is 7.77. The number of para-hydroxylation sites is 1. The third kappa shape index (κ3) is 3.21. The highest BCUT2D eigenvalue weighted by Gasteiger charge is 2.31. The van der Waals surface area contributed by atoms with E-state index in [-0.39, 0.29) is 11.9 Å². The molecule has 1 aromatic rings. The van der Waals surface area contributed by atoms with Crippen LogP contribution in [0.4, 0.5) is 5.69 Å². The lowest BCUT2D eigenvalue weighted by atomic mass is 9.91. The molecule has 0 fully saturated rings. The molecule has 1 amide bonds. The first kappa shape index (κ1) is 15.0. The van der Waals surface area contributed by atoms with Gasteiger partial charge in [-0.25, -0.2) is 0 Å². The summed E-state index contributed by atoms with van der Waals surface area (Å²) in [4.78, 5) is 13.8. The molecule has 2 atom stereocenters. The Balaban J connectivity index is 2.15. The molecule has 0 unspecified atom stereocenters. The highest BCUT2D eigenvalue weighted by Crippen LogP contribution is 2.36. The van der Waals surface area contributed by atoms with Gasteiger partial charge in [-0.3, -0.25) is 4.79 Å². The molecule has 20 heavy (non-hydrogen) atoms. The highest BCUT2D eigenvalue weighted by molar-refractivity contribution is 5.93. The minimum absolute atomic E-state index is 0.134. The number of amides is 1. The number of carbonyl (C=O) groups excluding carboxylic acids is 1. The van der Waals surface area contributed by atoms with Gasteiger partial charge in [-0.05, 0) is 37.9 Å². The second-order valence-corrected chi connectivity index (χ2v) is 5.75. The Bertz CT molecular complexity index is 458. The van der Waals surface area contributed by atoms with Crippen LogP contribution in [0.2, 0.25) is 0 Å². The second-order valence-electron chi connectivity index (χ2n) is 5.75. The lowest BCUT2D eigenvalue weighted by Crippen LogP contribution is -2.44. The van der Waals surface area contributed by atoms with E-state index in [9.17, 15) is 4.79 Å². The molecule has 110 valence electrons. The van der Waals surface area contributed by atoms with Crippen LogP contribution >= 0.6 is 0 Å². The van der Waals surface area contributed by atoms with Crippen molar-refractivity contribution >= 4 is 11.6 Å². The smallest absolute Gasteiger partial charge is 0.224 e. The Morgan fingerprint density at radius 2 is 2.10 bits per heavy atom. The van der Waals surface area contributed by atoms with Gasteiger partial charge in [0.05, 0.1) is 0 Å². The van der Waals surface area contributed by atoms with Gasteiger partial charge in [0.15, 0.2) is 0 Å². The van der Waals surface area contributed by atoms with Crippen molar-refractivity contribution in [2.75, 3.05) is 11.4 Å². The Hall–Kier alpha value is -1.35. The average molecular weight is 274 g/mol. The lowest BCUT2D eigenvalue weighted by Gasteiger charge is -2.39. The minimum atomic E-state index is 0.134. The van der Waals surface area contributed by atoms with Crippen molar-refractivity contribution in [3.05, 3.63) is 29.8 Å². The topological polar surface area (TPSA) is 32.3 Å². The van der Waals surface area contributed by atoms with Gasteiger partial charge in [-0.15, -0.1) is 0 Å². The summed E-state index contributed by atoms with van der Waals surface area (Å²) in [7, 11) is 0. The number of rotatable bonds is 5. The average Bonchev–Trinajstić information content (AvgIpc) is 2.43. The van der Waals surface area contributed by atoms with E-state index >= 15 is 0 Å². The number of unbranched alkanes of at least 4 members (excludes halogenated alkanes) is 2. The van der Waals surface area contributed by atoms with E-state index in [1.165, 1.54) is 24.8 Å². The third-order valence-electron chi connectivity index (χ3n) is 4.10. The predicted molar refractivity (Wildman–Crippen MR) is 83.9 cm³/mol. The monoisotopic (exact) mass is 274 g/mol. The zero-order valence-electron chi connectivity index (χ0n) is 12.9. The Labute approximate surface area is 122 Å². The van der Waals surface area contributed by atoms with Crippen LogP contribution in [0, 0.1) is 0 Å². The summed E-state index contributed by atoms with van der Waals surface area (Å²) in [6.07, 6.45) is 4.73. The predicted octanol–water partition coefficient (Wildman–Crippen LogP) is 3.65. The van der Waals surface area contributed by atoms with E-state index in [2.05, 4.69) is 37.4 Å². The molecule has 0 saturated carbocycles. The van der Waals surface area contributed by atoms with E-state index in [0.717, 1.165) is 18.7 Å². The van der Waals surface area contributed by atoms with E-state index in [1.54, 1.807) is 6.92 Å². The first-order chi connectivity index (χ1) is 9.65. The quantitative estimate of drug-likeness (QED) is 0.831. The van der Waals surface area contributed by atoms with Crippen LogP contribution in [-0.2, 0) is 4.79 Å². The van der Waals surface area contributed by atoms with Crippen LogP contribution in [0.5, 0.6) is 0 Å². The molecular formula is C17H26N2O. The Morgan fingerprint density at radius 1 is 1.35 bits per heavy atom. The highest BCUT2D eigenvalue weighted by atomic mass is 16.2. The SMILES string of the molecule is CCCCCN[C@H]1C[C@@H](C)N(C(C)=O)c2ccccc21. The van der Waals surface area contributed by atoms with Gasteiger partial charge < -0.3 is 10.2 Å². The Kier molecular flexibility index (Phi) is 5.18. The summed E-state index contributed by atoms with van der Waals surface area (Å²) in [6.45, 7) is 7.07. The second kappa shape index (κ2) is 6.89. The van der Waals surface area contributed by atoms with Crippen LogP contribution in [0.1, 0.15) is 58.1 Å². The molecule has 1 aliphatic rings. The molecule has 1 aliphatic heterocycles. The standard InChI is InChI=1S/C17H26N2O/c1-4-5-8-11-18-16-12-13(2)19(14(3)20)17-10-7-6-9-15(16)17/h6-7,9-10,13,16,18H,4-5,8,11-12H2,1-3H3/t13-,16+/m1/s1. The number of benzene rings is 1. The summed E-state index contributed by atoms with van der Waals surface area (Å²) in [5.41, 5.74) is 2.34. The van der Waals surface area contributed by atoms with E-state index in [4.69, 9.17) is 0 Å². The summed E-state index contributed by atoms with van der Waals surface area (Å²) in [5.74, 6) is 0.134. The molecule has 2 rings (SSSR count). The Morgan fingerprint density at radius 3 is 2.80 bits per heavy atom. The molecule has 0 aliphatic carbocycles. The van der Waals surface area contributed by atoms with Gasteiger partial charge in [0, 0.05) is 24.7 Å². The van der Waals surface area contributed by atoms with Gasteiger partial charge in [0.2, 0.25) is 5.91 Å². The molecule has 3 nitrogen and oxygen atoms in total. The zero-order chi connectivity index (χ0) is 14.5. The molecule has 1 aromatic carbocycles. The maximum atomic E-state index is 11.9. The van der Waals surface area contributed by atoms with Gasteiger partial charge in [0.1, 0.15) is 0 Å². The fourth-order valence-corrected chi connectivity index (χ4v) is 3.14. The van der Waals surface area contributed by atoms with Gasteiger partial charge in [-0.2, -0.15) is 0 Å². The largest absolute Gasteiger partial charge is 0.310 e. The van der Waals surface area contributed by atoms with Crippen molar-refractivity contribution in [1.82, 2.24) is 5.32 Å². The number of hydrogen-bond donors (Lipinski definition) is 1. The van der Waals surface area contributed by atoms with Gasteiger partial charge in [-0.1, -0.05) is 38.0 Å². The van der Waals surface area contributed by atoms with Crippen LogP contribution in [0.25, 0.3) is 0 Å². The van der Waals surface area contributed by atoms with Crippen LogP contribution in [0.3, 0.4) is 0 Å².